The van der Waals surface area contributed by atoms with Gasteiger partial charge in [0, 0.05) is 29.8 Å². The highest BCUT2D eigenvalue weighted by molar-refractivity contribution is 6.15. The lowest BCUT2D eigenvalue weighted by molar-refractivity contribution is -0.146. The minimum atomic E-state index is -1.37. The van der Waals surface area contributed by atoms with Crippen molar-refractivity contribution in [2.45, 2.75) is 70.0 Å². The van der Waals surface area contributed by atoms with Crippen molar-refractivity contribution in [3.05, 3.63) is 28.8 Å². The van der Waals surface area contributed by atoms with Crippen LogP contribution in [-0.2, 0) is 24.7 Å². The van der Waals surface area contributed by atoms with Crippen LogP contribution in [0.3, 0.4) is 0 Å². The van der Waals surface area contributed by atoms with Crippen molar-refractivity contribution in [3.63, 3.8) is 0 Å². The van der Waals surface area contributed by atoms with E-state index in [4.69, 9.17) is 5.73 Å². The van der Waals surface area contributed by atoms with Crippen LogP contribution in [0.5, 0.6) is 0 Å². The first-order valence-corrected chi connectivity index (χ1v) is 11.1. The van der Waals surface area contributed by atoms with Crippen molar-refractivity contribution in [1.82, 2.24) is 10.2 Å². The first-order valence-electron chi connectivity index (χ1n) is 11.1. The number of likely N-dealkylation sites (tertiary alicyclic amines) is 1. The molecule has 164 valence electrons. The maximum atomic E-state index is 13.8. The minimum absolute atomic E-state index is 0.103. The van der Waals surface area contributed by atoms with Gasteiger partial charge in [0.15, 0.2) is 0 Å². The highest BCUT2D eigenvalue weighted by Crippen LogP contribution is 2.54. The molecule has 4 N–H and O–H groups in total. The molecule has 31 heavy (non-hydrogen) atoms. The highest BCUT2D eigenvalue weighted by atomic mass is 16.2. The molecule has 5 rings (SSSR count). The van der Waals surface area contributed by atoms with Crippen molar-refractivity contribution in [1.29, 1.82) is 0 Å². The van der Waals surface area contributed by atoms with Crippen molar-refractivity contribution in [2.24, 2.45) is 17.6 Å². The predicted octanol–water partition coefficient (Wildman–Crippen LogP) is 1.23. The number of primary amides is 1. The number of amides is 4. The number of fused-ring (bicyclic) bond motifs is 4. The summed E-state index contributed by atoms with van der Waals surface area (Å²) >= 11 is 0. The summed E-state index contributed by atoms with van der Waals surface area (Å²) < 4.78 is 0. The number of rotatable bonds is 3. The van der Waals surface area contributed by atoms with Crippen LogP contribution in [0.4, 0.5) is 5.69 Å². The largest absolute Gasteiger partial charge is 0.370 e. The first kappa shape index (κ1) is 20.2. The second-order valence-electron chi connectivity index (χ2n) is 9.46. The topological polar surface area (TPSA) is 122 Å². The van der Waals surface area contributed by atoms with Crippen LogP contribution in [0, 0.1) is 25.7 Å². The van der Waals surface area contributed by atoms with Crippen LogP contribution in [0.2, 0.25) is 0 Å². The third-order valence-corrected chi connectivity index (χ3v) is 7.82. The van der Waals surface area contributed by atoms with Crippen LogP contribution in [0.1, 0.15) is 55.2 Å². The molecule has 1 spiro atoms. The molecule has 3 aliphatic heterocycles. The number of nitrogens with zero attached hydrogens (tertiary/aromatic N) is 1. The van der Waals surface area contributed by atoms with Gasteiger partial charge >= 0.3 is 0 Å². The van der Waals surface area contributed by atoms with E-state index in [9.17, 15) is 19.2 Å². The van der Waals surface area contributed by atoms with Gasteiger partial charge < -0.3 is 11.1 Å². The Hall–Kier alpha value is -2.74. The van der Waals surface area contributed by atoms with Crippen LogP contribution < -0.4 is 16.4 Å². The number of hydrogen-bond donors (Lipinski definition) is 3. The third kappa shape index (κ3) is 2.63. The summed E-state index contributed by atoms with van der Waals surface area (Å²) in [6.45, 7) is 3.89. The molecule has 1 aliphatic carbocycles. The molecule has 3 heterocycles. The average molecular weight is 425 g/mol. The summed E-state index contributed by atoms with van der Waals surface area (Å²) in [5.74, 6) is -3.15. The van der Waals surface area contributed by atoms with Crippen molar-refractivity contribution in [3.8, 4) is 0 Å². The molecule has 0 radical (unpaired) electrons. The van der Waals surface area contributed by atoms with Crippen molar-refractivity contribution < 1.29 is 19.2 Å². The average Bonchev–Trinajstić information content (AvgIpc) is 3.30. The number of hydrogen-bond acceptors (Lipinski definition) is 5. The normalized spacial score (nSPS) is 32.5. The number of imide groups is 1. The molecule has 4 amide bonds. The summed E-state index contributed by atoms with van der Waals surface area (Å²) in [6.07, 6.45) is 4.54. The molecule has 4 atom stereocenters. The summed E-state index contributed by atoms with van der Waals surface area (Å²) in [5, 5.41) is 6.21. The van der Waals surface area contributed by atoms with Gasteiger partial charge in [-0.1, -0.05) is 31.4 Å². The quantitative estimate of drug-likeness (QED) is 0.630. The number of carbonyl (C=O) groups excluding carboxylic acids is 4. The van der Waals surface area contributed by atoms with Gasteiger partial charge in [0.05, 0.1) is 11.8 Å². The number of anilines is 1. The highest BCUT2D eigenvalue weighted by Gasteiger charge is 2.71. The number of aryl methyl sites for hydroxylation is 1. The molecule has 1 aromatic carbocycles. The van der Waals surface area contributed by atoms with Crippen molar-refractivity contribution in [2.75, 3.05) is 5.32 Å². The van der Waals surface area contributed by atoms with Gasteiger partial charge in [-0.05, 0) is 37.8 Å². The standard InChI is InChI=1S/C23H28N4O4/c1-11-8-9-14-19(12(11)2)25-22(31)23(14)18-17(15(26-23)10-16(24)28)20(29)27(21(18)30)13-6-4-3-5-7-13/h8-9,13,15,17-18,26H,3-7,10H2,1-2H3,(H2,24,28)(H,25,31)/t15-,17-,18-,23-/m1/s1. The zero-order valence-electron chi connectivity index (χ0n) is 17.9. The minimum Gasteiger partial charge on any atom is -0.370 e. The van der Waals surface area contributed by atoms with Gasteiger partial charge in [0.25, 0.3) is 0 Å². The first-order chi connectivity index (χ1) is 14.8. The predicted molar refractivity (Wildman–Crippen MR) is 113 cm³/mol. The van der Waals surface area contributed by atoms with Crippen LogP contribution in [-0.4, -0.2) is 40.6 Å². The number of nitrogens with two attached hydrogens (primary N) is 1. The molecule has 0 unspecified atom stereocenters. The SMILES string of the molecule is Cc1ccc2c(c1C)NC(=O)[C@@]21N[C@H](CC(N)=O)[C@H]2C(=O)N(C3CCCCC3)C(=O)[C@@H]21. The van der Waals surface area contributed by atoms with E-state index in [2.05, 4.69) is 10.6 Å². The lowest BCUT2D eigenvalue weighted by atomic mass is 9.76. The van der Waals surface area contributed by atoms with Gasteiger partial charge in [-0.15, -0.1) is 0 Å². The van der Waals surface area contributed by atoms with Gasteiger partial charge in [-0.2, -0.15) is 0 Å². The van der Waals surface area contributed by atoms with E-state index in [1.807, 2.05) is 26.0 Å². The fourth-order valence-corrected chi connectivity index (χ4v) is 6.23. The number of benzene rings is 1. The Morgan fingerprint density at radius 1 is 1.13 bits per heavy atom. The molecule has 2 saturated heterocycles. The summed E-state index contributed by atoms with van der Waals surface area (Å²) in [6, 6.07) is 2.99. The second-order valence-corrected chi connectivity index (χ2v) is 9.46. The van der Waals surface area contributed by atoms with Gasteiger partial charge in [-0.25, -0.2) is 0 Å². The Labute approximate surface area is 180 Å². The number of carbonyl (C=O) groups is 4. The zero-order valence-corrected chi connectivity index (χ0v) is 17.9. The molecule has 8 nitrogen and oxygen atoms in total. The molecule has 3 fully saturated rings. The van der Waals surface area contributed by atoms with Gasteiger partial charge in [0.1, 0.15) is 5.54 Å². The summed E-state index contributed by atoms with van der Waals surface area (Å²) in [5.41, 5.74) is 7.44. The van der Waals surface area contributed by atoms with Crippen LogP contribution >= 0.6 is 0 Å². The molecule has 8 heteroatoms. The van der Waals surface area contributed by atoms with Crippen LogP contribution in [0.15, 0.2) is 12.1 Å². The van der Waals surface area contributed by atoms with Gasteiger partial charge in [-0.3, -0.25) is 29.4 Å². The van der Waals surface area contributed by atoms with E-state index in [0.717, 1.165) is 43.2 Å². The molecule has 0 aromatic heterocycles. The van der Waals surface area contributed by atoms with E-state index in [-0.39, 0.29) is 30.2 Å². The molecular weight excluding hydrogens is 396 g/mol. The Bertz CT molecular complexity index is 1020. The maximum Gasteiger partial charge on any atom is 0.250 e. The lowest BCUT2D eigenvalue weighted by Gasteiger charge is -2.33. The maximum absolute atomic E-state index is 13.8. The Morgan fingerprint density at radius 3 is 2.52 bits per heavy atom. The molecular formula is C23H28N4O4. The van der Waals surface area contributed by atoms with E-state index in [0.29, 0.717) is 11.3 Å². The smallest absolute Gasteiger partial charge is 0.250 e. The van der Waals surface area contributed by atoms with Gasteiger partial charge in [0.2, 0.25) is 23.6 Å². The van der Waals surface area contributed by atoms with Crippen molar-refractivity contribution >= 4 is 29.3 Å². The molecule has 0 bridgehead atoms. The van der Waals surface area contributed by atoms with E-state index in [1.165, 1.54) is 4.90 Å². The molecule has 1 aromatic rings. The fourth-order valence-electron chi connectivity index (χ4n) is 6.23. The number of nitrogens with one attached hydrogen (secondary N) is 2. The summed E-state index contributed by atoms with van der Waals surface area (Å²) in [4.78, 5) is 54.0. The lowest BCUT2D eigenvalue weighted by Crippen LogP contribution is -2.54. The molecule has 1 saturated carbocycles. The zero-order chi connectivity index (χ0) is 22.1. The van der Waals surface area contributed by atoms with Crippen LogP contribution in [0.25, 0.3) is 0 Å². The summed E-state index contributed by atoms with van der Waals surface area (Å²) in [7, 11) is 0. The Balaban J connectivity index is 1.65. The second kappa shape index (κ2) is 6.88. The Morgan fingerprint density at radius 2 is 1.84 bits per heavy atom. The monoisotopic (exact) mass is 424 g/mol. The fraction of sp³-hybridized carbons (Fsp3) is 0.565. The van der Waals surface area contributed by atoms with E-state index >= 15 is 0 Å². The third-order valence-electron chi connectivity index (χ3n) is 7.82. The van der Waals surface area contributed by atoms with E-state index in [1.54, 1.807) is 0 Å². The van der Waals surface area contributed by atoms with E-state index < -0.39 is 29.3 Å². The Kier molecular flexibility index (Phi) is 4.48. The molecule has 4 aliphatic rings.